The second-order valence-corrected chi connectivity index (χ2v) is 7.70. The SMILES string of the molecule is CCC(C)/C(=C\Br)[C@@]1(C)C[I-]1. The third-order valence-corrected chi connectivity index (χ3v) is 6.56. The molecule has 2 heteroatoms. The molecule has 1 aliphatic rings. The molecule has 66 valence electrons. The number of halogens is 2. The molecule has 0 aliphatic carbocycles. The summed E-state index contributed by atoms with van der Waals surface area (Å²) in [4.78, 5) is 2.17. The fourth-order valence-electron chi connectivity index (χ4n) is 1.21. The topological polar surface area (TPSA) is 0 Å². The van der Waals surface area contributed by atoms with Crippen molar-refractivity contribution in [3.63, 3.8) is 0 Å². The molecule has 1 unspecified atom stereocenters. The maximum absolute atomic E-state index is 3.49. The quantitative estimate of drug-likeness (QED) is 0.511. The fourth-order valence-corrected chi connectivity index (χ4v) is 4.73. The zero-order valence-electron chi connectivity index (χ0n) is 7.32. The standard InChI is InChI=1S/C9H15BrI/c1-4-7(2)8(5-10)9(3)6-11-9/h5,7H,4,6H2,1-3H3/q-1/b8-5+/t7?,9-/m1/s1. The molecule has 0 aromatic heterocycles. The van der Waals surface area contributed by atoms with Crippen molar-refractivity contribution in [3.05, 3.63) is 10.6 Å². The Morgan fingerprint density at radius 1 is 1.82 bits per heavy atom. The third-order valence-electron chi connectivity index (χ3n) is 2.40. The van der Waals surface area contributed by atoms with Crippen LogP contribution in [0.5, 0.6) is 0 Å². The summed E-state index contributed by atoms with van der Waals surface area (Å²) >= 11 is 3.99. The Hall–Kier alpha value is 0.950. The van der Waals surface area contributed by atoms with E-state index in [0.717, 1.165) is 5.92 Å². The van der Waals surface area contributed by atoms with Crippen molar-refractivity contribution in [2.75, 3.05) is 4.43 Å². The second kappa shape index (κ2) is 3.77. The molecule has 0 saturated carbocycles. The number of allylic oxidation sites excluding steroid dienone is 1. The first-order valence-corrected chi connectivity index (χ1v) is 7.57. The van der Waals surface area contributed by atoms with Gasteiger partial charge in [0.2, 0.25) is 0 Å². The summed E-state index contributed by atoms with van der Waals surface area (Å²) in [5.74, 6) is 0.779. The summed E-state index contributed by atoms with van der Waals surface area (Å²) in [6.07, 6.45) is 1.27. The van der Waals surface area contributed by atoms with Crippen LogP contribution in [-0.4, -0.2) is 7.85 Å². The average molecular weight is 330 g/mol. The van der Waals surface area contributed by atoms with Gasteiger partial charge in [-0.2, -0.15) is 0 Å². The average Bonchev–Trinajstić information content (AvgIpc) is 2.70. The molecule has 0 radical (unpaired) electrons. The molecule has 2 atom stereocenters. The van der Waals surface area contributed by atoms with Crippen molar-refractivity contribution in [1.29, 1.82) is 0 Å². The van der Waals surface area contributed by atoms with Gasteiger partial charge in [0.15, 0.2) is 0 Å². The van der Waals surface area contributed by atoms with E-state index in [0.29, 0.717) is 24.6 Å². The Balaban J connectivity index is 2.65. The normalized spacial score (nSPS) is 34.4. The third kappa shape index (κ3) is 2.20. The first kappa shape index (κ1) is 10.0. The van der Waals surface area contributed by atoms with Crippen LogP contribution in [0.2, 0.25) is 0 Å². The molecule has 1 aliphatic heterocycles. The van der Waals surface area contributed by atoms with Crippen LogP contribution in [0.15, 0.2) is 10.6 Å². The number of hydrogen-bond donors (Lipinski definition) is 0. The Morgan fingerprint density at radius 2 is 2.36 bits per heavy atom. The van der Waals surface area contributed by atoms with Crippen LogP contribution >= 0.6 is 15.9 Å². The van der Waals surface area contributed by atoms with Gasteiger partial charge in [0.1, 0.15) is 0 Å². The Morgan fingerprint density at radius 3 is 2.64 bits per heavy atom. The van der Waals surface area contributed by atoms with E-state index >= 15 is 0 Å². The minimum atomic E-state index is 0.506. The van der Waals surface area contributed by atoms with Crippen LogP contribution in [0, 0.1) is 5.92 Å². The van der Waals surface area contributed by atoms with Crippen molar-refractivity contribution in [2.45, 2.75) is 30.6 Å². The van der Waals surface area contributed by atoms with Crippen molar-refractivity contribution in [1.82, 2.24) is 0 Å². The van der Waals surface area contributed by atoms with E-state index < -0.39 is 0 Å². The number of alkyl halides is 2. The van der Waals surface area contributed by atoms with Gasteiger partial charge in [0, 0.05) is 0 Å². The van der Waals surface area contributed by atoms with Crippen LogP contribution in [0.25, 0.3) is 0 Å². The summed E-state index contributed by atoms with van der Waals surface area (Å²) in [6, 6.07) is 0. The molecule has 1 fully saturated rings. The molecule has 0 aromatic rings. The molecule has 1 saturated heterocycles. The molecule has 1 rings (SSSR count). The van der Waals surface area contributed by atoms with E-state index in [2.05, 4.69) is 41.7 Å². The Bertz CT molecular complexity index is 170. The first-order chi connectivity index (χ1) is 5.14. The summed E-state index contributed by atoms with van der Waals surface area (Å²) in [5, 5.41) is 0. The summed E-state index contributed by atoms with van der Waals surface area (Å²) in [7, 11) is 0. The molecule has 0 spiro atoms. The van der Waals surface area contributed by atoms with Gasteiger partial charge in [-0.1, -0.05) is 0 Å². The van der Waals surface area contributed by atoms with E-state index in [9.17, 15) is 0 Å². The van der Waals surface area contributed by atoms with Crippen molar-refractivity contribution in [3.8, 4) is 0 Å². The van der Waals surface area contributed by atoms with Crippen LogP contribution in [0.4, 0.5) is 0 Å². The molecule has 11 heavy (non-hydrogen) atoms. The van der Waals surface area contributed by atoms with Gasteiger partial charge >= 0.3 is 88.7 Å². The first-order valence-electron chi connectivity index (χ1n) is 4.05. The zero-order chi connectivity index (χ0) is 8.48. The van der Waals surface area contributed by atoms with Gasteiger partial charge in [-0.15, -0.1) is 0 Å². The predicted octanol–water partition coefficient (Wildman–Crippen LogP) is 0.173. The Labute approximate surface area is 88.2 Å². The monoisotopic (exact) mass is 329 g/mol. The fraction of sp³-hybridized carbons (Fsp3) is 0.778. The molecule has 1 heterocycles. The Kier molecular flexibility index (Phi) is 3.44. The van der Waals surface area contributed by atoms with Gasteiger partial charge in [-0.25, -0.2) is 0 Å². The van der Waals surface area contributed by atoms with Gasteiger partial charge < -0.3 is 0 Å². The molecular weight excluding hydrogens is 315 g/mol. The van der Waals surface area contributed by atoms with E-state index in [1.807, 2.05) is 0 Å². The van der Waals surface area contributed by atoms with E-state index in [4.69, 9.17) is 0 Å². The molecule has 0 aromatic carbocycles. The predicted molar refractivity (Wildman–Crippen MR) is 49.7 cm³/mol. The summed E-state index contributed by atoms with van der Waals surface area (Å²) < 4.78 is 2.16. The van der Waals surface area contributed by atoms with Crippen LogP contribution in [0.1, 0.15) is 27.2 Å². The van der Waals surface area contributed by atoms with E-state index in [-0.39, 0.29) is 0 Å². The molecule has 0 amide bonds. The van der Waals surface area contributed by atoms with Crippen LogP contribution in [-0.2, 0) is 0 Å². The van der Waals surface area contributed by atoms with Crippen LogP contribution < -0.4 is 21.2 Å². The van der Waals surface area contributed by atoms with Crippen molar-refractivity contribution >= 4 is 15.9 Å². The van der Waals surface area contributed by atoms with Crippen molar-refractivity contribution < 1.29 is 21.2 Å². The summed E-state index contributed by atoms with van der Waals surface area (Å²) in [5.41, 5.74) is 1.66. The summed E-state index contributed by atoms with van der Waals surface area (Å²) in [6.45, 7) is 7.02. The van der Waals surface area contributed by atoms with Crippen molar-refractivity contribution in [2.24, 2.45) is 5.92 Å². The molecule has 0 N–H and O–H groups in total. The maximum atomic E-state index is 3.49. The molecule has 0 bridgehead atoms. The van der Waals surface area contributed by atoms with Gasteiger partial charge in [0.05, 0.1) is 0 Å². The van der Waals surface area contributed by atoms with Crippen LogP contribution in [0.3, 0.4) is 0 Å². The van der Waals surface area contributed by atoms with Gasteiger partial charge in [-0.05, 0) is 0 Å². The minimum absolute atomic E-state index is 0.506. The second-order valence-electron chi connectivity index (χ2n) is 3.34. The van der Waals surface area contributed by atoms with Gasteiger partial charge in [0.25, 0.3) is 0 Å². The van der Waals surface area contributed by atoms with Gasteiger partial charge in [-0.3, -0.25) is 0 Å². The van der Waals surface area contributed by atoms with E-state index in [1.54, 1.807) is 5.57 Å². The molecule has 0 nitrogen and oxygen atoms in total. The van der Waals surface area contributed by atoms with E-state index in [1.165, 1.54) is 10.8 Å². The number of hydrogen-bond acceptors (Lipinski definition) is 0. The molecular formula is C9H15BrI-. The zero-order valence-corrected chi connectivity index (χ0v) is 11.1. The number of rotatable bonds is 3.